The predicted octanol–water partition coefficient (Wildman–Crippen LogP) is 1.06. The Labute approximate surface area is 84.8 Å². The first-order chi connectivity index (χ1) is 7.15. The van der Waals surface area contributed by atoms with E-state index in [1.165, 1.54) is 12.1 Å². The normalized spacial score (nSPS) is 15.1. The molecule has 1 aromatic rings. The Bertz CT molecular complexity index is 451. The first-order valence-corrected chi connectivity index (χ1v) is 4.32. The van der Waals surface area contributed by atoms with Gasteiger partial charge in [-0.2, -0.15) is 4.99 Å². The summed E-state index contributed by atoms with van der Waals surface area (Å²) in [4.78, 5) is 25.4. The summed E-state index contributed by atoms with van der Waals surface area (Å²) in [6.07, 6.45) is 0.234. The highest BCUT2D eigenvalue weighted by molar-refractivity contribution is 6.46. The minimum absolute atomic E-state index is 0.159. The summed E-state index contributed by atoms with van der Waals surface area (Å²) in [7, 11) is 0. The number of imide groups is 1. The van der Waals surface area contributed by atoms with Gasteiger partial charge in [-0.15, -0.1) is 0 Å². The molecule has 2 rings (SSSR count). The van der Waals surface area contributed by atoms with Crippen molar-refractivity contribution in [3.05, 3.63) is 35.6 Å². The number of rotatable bonds is 2. The number of hydrogen-bond donors (Lipinski definition) is 1. The van der Waals surface area contributed by atoms with Crippen LogP contribution in [0.4, 0.5) is 9.18 Å². The molecule has 0 bridgehead atoms. The molecule has 15 heavy (non-hydrogen) atoms. The fraction of sp³-hybridized carbons (Fsp3) is 0.100. The summed E-state index contributed by atoms with van der Waals surface area (Å²) >= 11 is 0. The molecule has 1 aliphatic heterocycles. The Hall–Kier alpha value is -2.04. The number of nitrogens with zero attached hydrogens (tertiary/aromatic N) is 1. The average Bonchev–Trinajstić information content (AvgIpc) is 2.49. The van der Waals surface area contributed by atoms with Crippen LogP contribution in [0.2, 0.25) is 0 Å². The third-order valence-corrected chi connectivity index (χ3v) is 2.00. The topological polar surface area (TPSA) is 58.5 Å². The lowest BCUT2D eigenvalue weighted by molar-refractivity contribution is -0.113. The molecule has 1 N–H and O–H groups in total. The third-order valence-electron chi connectivity index (χ3n) is 2.00. The predicted molar refractivity (Wildman–Crippen MR) is 51.1 cm³/mol. The molecular weight excluding hydrogens is 199 g/mol. The maximum Gasteiger partial charge on any atom is 0.348 e. The number of amides is 3. The molecule has 76 valence electrons. The lowest BCUT2D eigenvalue weighted by atomic mass is 10.1. The molecule has 0 fully saturated rings. The highest BCUT2D eigenvalue weighted by Crippen LogP contribution is 2.06. The molecule has 0 spiro atoms. The molecule has 0 radical (unpaired) electrons. The van der Waals surface area contributed by atoms with Gasteiger partial charge in [0.25, 0.3) is 5.91 Å². The van der Waals surface area contributed by atoms with E-state index >= 15 is 0 Å². The number of aliphatic imine (C=N–C) groups is 1. The second kappa shape index (κ2) is 3.61. The zero-order valence-corrected chi connectivity index (χ0v) is 7.66. The summed E-state index contributed by atoms with van der Waals surface area (Å²) in [5.74, 6) is -0.822. The lowest BCUT2D eigenvalue weighted by Crippen LogP contribution is -2.26. The number of nitrogens with one attached hydrogen (secondary N) is 1. The quantitative estimate of drug-likeness (QED) is 0.786. The minimum Gasteiger partial charge on any atom is -0.271 e. The fourth-order valence-corrected chi connectivity index (χ4v) is 1.29. The minimum atomic E-state index is -0.642. The van der Waals surface area contributed by atoms with E-state index in [1.54, 1.807) is 12.1 Å². The first kappa shape index (κ1) is 9.51. The van der Waals surface area contributed by atoms with E-state index in [0.717, 1.165) is 5.56 Å². The molecule has 0 unspecified atom stereocenters. The summed E-state index contributed by atoms with van der Waals surface area (Å²) < 4.78 is 12.6. The molecule has 1 aromatic carbocycles. The fourth-order valence-electron chi connectivity index (χ4n) is 1.29. The number of halogens is 1. The van der Waals surface area contributed by atoms with Gasteiger partial charge in [0.15, 0.2) is 0 Å². The van der Waals surface area contributed by atoms with Gasteiger partial charge in [-0.1, -0.05) is 12.1 Å². The van der Waals surface area contributed by atoms with Gasteiger partial charge in [-0.25, -0.2) is 9.18 Å². The highest BCUT2D eigenvalue weighted by atomic mass is 19.1. The lowest BCUT2D eigenvalue weighted by Gasteiger charge is -1.98. The number of benzene rings is 1. The van der Waals surface area contributed by atoms with Crippen molar-refractivity contribution in [1.82, 2.24) is 5.32 Å². The molecule has 0 atom stereocenters. The molecule has 0 aromatic heterocycles. The zero-order chi connectivity index (χ0) is 10.8. The van der Waals surface area contributed by atoms with E-state index in [9.17, 15) is 14.0 Å². The van der Waals surface area contributed by atoms with E-state index in [1.807, 2.05) is 5.32 Å². The van der Waals surface area contributed by atoms with Crippen molar-refractivity contribution < 1.29 is 14.0 Å². The number of carbonyl (C=O) groups excluding carboxylic acids is 2. The van der Waals surface area contributed by atoms with Crippen molar-refractivity contribution in [3.8, 4) is 0 Å². The zero-order valence-electron chi connectivity index (χ0n) is 7.66. The Morgan fingerprint density at radius 3 is 2.40 bits per heavy atom. The van der Waals surface area contributed by atoms with Gasteiger partial charge in [0.2, 0.25) is 0 Å². The summed E-state index contributed by atoms with van der Waals surface area (Å²) in [5.41, 5.74) is 0.895. The molecule has 0 saturated carbocycles. The Kier molecular flexibility index (Phi) is 2.29. The van der Waals surface area contributed by atoms with Gasteiger partial charge in [0.1, 0.15) is 11.5 Å². The van der Waals surface area contributed by atoms with Crippen LogP contribution in [0.5, 0.6) is 0 Å². The number of hydrogen-bond acceptors (Lipinski definition) is 2. The molecule has 1 aliphatic rings. The molecule has 0 saturated heterocycles. The van der Waals surface area contributed by atoms with E-state index in [2.05, 4.69) is 4.99 Å². The van der Waals surface area contributed by atoms with Crippen LogP contribution in [0.3, 0.4) is 0 Å². The largest absolute Gasteiger partial charge is 0.348 e. The van der Waals surface area contributed by atoms with Gasteiger partial charge < -0.3 is 0 Å². The van der Waals surface area contributed by atoms with Crippen LogP contribution < -0.4 is 5.32 Å². The molecule has 3 amide bonds. The number of urea groups is 1. The second-order valence-corrected chi connectivity index (χ2v) is 3.12. The standard InChI is InChI=1S/C10H7FN2O2/c11-7-3-1-6(2-4-7)5-8-9(14)13-10(15)12-8/h1-4H,5H2,(H,13,14,15). The van der Waals surface area contributed by atoms with Gasteiger partial charge >= 0.3 is 6.03 Å². The van der Waals surface area contributed by atoms with Crippen LogP contribution in [0.25, 0.3) is 0 Å². The van der Waals surface area contributed by atoms with Crippen LogP contribution in [0, 0.1) is 5.82 Å². The van der Waals surface area contributed by atoms with Gasteiger partial charge in [0, 0.05) is 6.42 Å². The Balaban J connectivity index is 2.16. The van der Waals surface area contributed by atoms with Crippen molar-refractivity contribution in [3.63, 3.8) is 0 Å². The van der Waals surface area contributed by atoms with Gasteiger partial charge in [-0.3, -0.25) is 10.1 Å². The third kappa shape index (κ3) is 2.07. The average molecular weight is 206 g/mol. The smallest absolute Gasteiger partial charge is 0.271 e. The van der Waals surface area contributed by atoms with Crippen molar-refractivity contribution in [2.24, 2.45) is 4.99 Å². The summed E-state index contributed by atoms with van der Waals surface area (Å²) in [5, 5.41) is 2.04. The molecule has 4 nitrogen and oxygen atoms in total. The number of carbonyl (C=O) groups is 2. The molecular formula is C10H7FN2O2. The second-order valence-electron chi connectivity index (χ2n) is 3.12. The Morgan fingerprint density at radius 2 is 1.87 bits per heavy atom. The molecule has 5 heteroatoms. The summed E-state index contributed by atoms with van der Waals surface area (Å²) in [6.45, 7) is 0. The monoisotopic (exact) mass is 206 g/mol. The van der Waals surface area contributed by atoms with Crippen molar-refractivity contribution in [1.29, 1.82) is 0 Å². The van der Waals surface area contributed by atoms with Gasteiger partial charge in [0.05, 0.1) is 0 Å². The SMILES string of the molecule is O=C1N=C(Cc2ccc(F)cc2)C(=O)N1. The van der Waals surface area contributed by atoms with E-state index in [0.29, 0.717) is 0 Å². The van der Waals surface area contributed by atoms with Crippen LogP contribution in [0.15, 0.2) is 29.3 Å². The van der Waals surface area contributed by atoms with Crippen LogP contribution >= 0.6 is 0 Å². The van der Waals surface area contributed by atoms with E-state index in [4.69, 9.17) is 0 Å². The van der Waals surface area contributed by atoms with Crippen molar-refractivity contribution in [2.75, 3.05) is 0 Å². The summed E-state index contributed by atoms with van der Waals surface area (Å²) in [6, 6.07) is 5.05. The van der Waals surface area contributed by atoms with Crippen LogP contribution in [0.1, 0.15) is 5.56 Å². The van der Waals surface area contributed by atoms with Crippen molar-refractivity contribution >= 4 is 17.6 Å². The maximum atomic E-state index is 12.6. The van der Waals surface area contributed by atoms with Crippen molar-refractivity contribution in [2.45, 2.75) is 6.42 Å². The van der Waals surface area contributed by atoms with Crippen LogP contribution in [-0.4, -0.2) is 17.6 Å². The maximum absolute atomic E-state index is 12.6. The van der Waals surface area contributed by atoms with Gasteiger partial charge in [-0.05, 0) is 17.7 Å². The molecule has 1 heterocycles. The molecule has 0 aliphatic carbocycles. The van der Waals surface area contributed by atoms with E-state index in [-0.39, 0.29) is 17.9 Å². The highest BCUT2D eigenvalue weighted by Gasteiger charge is 2.22. The Morgan fingerprint density at radius 1 is 1.20 bits per heavy atom. The first-order valence-electron chi connectivity index (χ1n) is 4.32. The van der Waals surface area contributed by atoms with E-state index < -0.39 is 11.9 Å². The van der Waals surface area contributed by atoms with Crippen LogP contribution in [-0.2, 0) is 11.2 Å².